The molecule has 72 valence electrons. The van der Waals surface area contributed by atoms with Crippen LogP contribution in [0.5, 0.6) is 0 Å². The molecule has 0 atom stereocenters. The molecule has 13 heavy (non-hydrogen) atoms. The van der Waals surface area contributed by atoms with Gasteiger partial charge in [-0.1, -0.05) is 6.07 Å². The van der Waals surface area contributed by atoms with Crippen molar-refractivity contribution >= 4 is 5.82 Å². The fourth-order valence-electron chi connectivity index (χ4n) is 0.939. The molecule has 1 aromatic heterocycles. The van der Waals surface area contributed by atoms with Gasteiger partial charge in [-0.3, -0.25) is 0 Å². The number of hydrogen-bond acceptors (Lipinski definition) is 3. The van der Waals surface area contributed by atoms with Crippen LogP contribution in [0.1, 0.15) is 19.4 Å². The number of nitrogens with one attached hydrogen (secondary N) is 1. The Morgan fingerprint density at radius 3 is 2.62 bits per heavy atom. The molecule has 0 aromatic carbocycles. The smallest absolute Gasteiger partial charge is 0.126 e. The first-order chi connectivity index (χ1) is 6.03. The Morgan fingerprint density at radius 2 is 2.15 bits per heavy atom. The molecule has 0 radical (unpaired) electrons. The second kappa shape index (κ2) is 3.75. The molecule has 0 bridgehead atoms. The first-order valence-electron chi connectivity index (χ1n) is 4.44. The van der Waals surface area contributed by atoms with Crippen LogP contribution >= 0.6 is 0 Å². The van der Waals surface area contributed by atoms with Crippen molar-refractivity contribution in [3.05, 3.63) is 23.9 Å². The van der Waals surface area contributed by atoms with Gasteiger partial charge in [-0.25, -0.2) is 4.98 Å². The van der Waals surface area contributed by atoms with E-state index >= 15 is 0 Å². The van der Waals surface area contributed by atoms with E-state index in [0.717, 1.165) is 11.4 Å². The average Bonchev–Trinajstić information content (AvgIpc) is 2.09. The largest absolute Gasteiger partial charge is 0.364 e. The number of anilines is 1. The van der Waals surface area contributed by atoms with Crippen molar-refractivity contribution in [1.82, 2.24) is 4.98 Å². The molecule has 1 heterocycles. The van der Waals surface area contributed by atoms with Gasteiger partial charge < -0.3 is 11.1 Å². The van der Waals surface area contributed by atoms with E-state index in [0.29, 0.717) is 6.54 Å². The molecule has 0 aliphatic carbocycles. The minimum atomic E-state index is -0.0950. The summed E-state index contributed by atoms with van der Waals surface area (Å²) in [6.07, 6.45) is 1.84. The Kier molecular flexibility index (Phi) is 2.88. The van der Waals surface area contributed by atoms with Gasteiger partial charge in [0.15, 0.2) is 0 Å². The summed E-state index contributed by atoms with van der Waals surface area (Å²) in [6.45, 7) is 6.70. The summed E-state index contributed by atoms with van der Waals surface area (Å²) >= 11 is 0. The van der Waals surface area contributed by atoms with Crippen molar-refractivity contribution in [3.63, 3.8) is 0 Å². The van der Waals surface area contributed by atoms with Crippen molar-refractivity contribution in [2.24, 2.45) is 5.73 Å². The van der Waals surface area contributed by atoms with Crippen LogP contribution in [-0.2, 0) is 0 Å². The molecule has 0 aliphatic rings. The number of rotatable bonds is 3. The van der Waals surface area contributed by atoms with Crippen LogP contribution in [0.15, 0.2) is 18.3 Å². The third kappa shape index (κ3) is 3.03. The lowest BCUT2D eigenvalue weighted by atomic mass is 10.1. The predicted molar refractivity (Wildman–Crippen MR) is 55.7 cm³/mol. The number of pyridine rings is 1. The minimum Gasteiger partial charge on any atom is -0.364 e. The van der Waals surface area contributed by atoms with Crippen LogP contribution in [0.3, 0.4) is 0 Å². The number of hydrogen-bond donors (Lipinski definition) is 2. The SMILES string of the molecule is Cc1ccc(NC(C)(C)CN)nc1. The van der Waals surface area contributed by atoms with E-state index in [2.05, 4.69) is 24.1 Å². The van der Waals surface area contributed by atoms with Crippen LogP contribution in [0.25, 0.3) is 0 Å². The zero-order valence-electron chi connectivity index (χ0n) is 8.46. The Hall–Kier alpha value is -1.09. The average molecular weight is 179 g/mol. The van der Waals surface area contributed by atoms with Gasteiger partial charge in [0.2, 0.25) is 0 Å². The molecule has 0 spiro atoms. The molecule has 0 fully saturated rings. The molecule has 3 heteroatoms. The Morgan fingerprint density at radius 1 is 1.46 bits per heavy atom. The van der Waals surface area contributed by atoms with Crippen LogP contribution in [0, 0.1) is 6.92 Å². The summed E-state index contributed by atoms with van der Waals surface area (Å²) in [4.78, 5) is 4.24. The van der Waals surface area contributed by atoms with Gasteiger partial charge in [0.25, 0.3) is 0 Å². The summed E-state index contributed by atoms with van der Waals surface area (Å²) in [5, 5.41) is 3.26. The van der Waals surface area contributed by atoms with Gasteiger partial charge in [0, 0.05) is 18.3 Å². The molecule has 0 saturated heterocycles. The molecule has 1 aromatic rings. The zero-order valence-corrected chi connectivity index (χ0v) is 8.46. The van der Waals surface area contributed by atoms with Crippen LogP contribution in [0.2, 0.25) is 0 Å². The van der Waals surface area contributed by atoms with Crippen molar-refractivity contribution in [1.29, 1.82) is 0 Å². The lowest BCUT2D eigenvalue weighted by Gasteiger charge is -2.24. The highest BCUT2D eigenvalue weighted by Gasteiger charge is 2.14. The molecule has 3 N–H and O–H groups in total. The van der Waals surface area contributed by atoms with Crippen molar-refractivity contribution in [2.45, 2.75) is 26.3 Å². The lowest BCUT2D eigenvalue weighted by Crippen LogP contribution is -2.39. The second-order valence-electron chi connectivity index (χ2n) is 3.93. The van der Waals surface area contributed by atoms with Crippen molar-refractivity contribution < 1.29 is 0 Å². The first kappa shape index (κ1) is 9.99. The third-order valence-electron chi connectivity index (χ3n) is 1.89. The van der Waals surface area contributed by atoms with Gasteiger partial charge in [0.05, 0.1) is 0 Å². The van der Waals surface area contributed by atoms with Crippen LogP contribution in [-0.4, -0.2) is 17.1 Å². The third-order valence-corrected chi connectivity index (χ3v) is 1.89. The van der Waals surface area contributed by atoms with Gasteiger partial charge in [0.1, 0.15) is 5.82 Å². The minimum absolute atomic E-state index is 0.0950. The van der Waals surface area contributed by atoms with Gasteiger partial charge in [-0.05, 0) is 32.4 Å². The van der Waals surface area contributed by atoms with E-state index in [1.165, 1.54) is 0 Å². The molecule has 3 nitrogen and oxygen atoms in total. The van der Waals surface area contributed by atoms with E-state index in [9.17, 15) is 0 Å². The number of nitrogens with two attached hydrogens (primary N) is 1. The van der Waals surface area contributed by atoms with Crippen molar-refractivity contribution in [2.75, 3.05) is 11.9 Å². The highest BCUT2D eigenvalue weighted by atomic mass is 15.1. The van der Waals surface area contributed by atoms with Gasteiger partial charge in [-0.2, -0.15) is 0 Å². The molecule has 0 unspecified atom stereocenters. The van der Waals surface area contributed by atoms with Gasteiger partial charge in [-0.15, -0.1) is 0 Å². The molecule has 0 aliphatic heterocycles. The maximum absolute atomic E-state index is 5.59. The highest BCUT2D eigenvalue weighted by molar-refractivity contribution is 5.37. The van der Waals surface area contributed by atoms with Crippen LogP contribution < -0.4 is 11.1 Å². The summed E-state index contributed by atoms with van der Waals surface area (Å²) in [7, 11) is 0. The molecular weight excluding hydrogens is 162 g/mol. The topological polar surface area (TPSA) is 50.9 Å². The Labute approximate surface area is 79.4 Å². The Bertz CT molecular complexity index is 264. The fraction of sp³-hybridized carbons (Fsp3) is 0.500. The molecular formula is C10H17N3. The van der Waals surface area contributed by atoms with E-state index in [1.807, 2.05) is 25.3 Å². The number of aromatic nitrogens is 1. The van der Waals surface area contributed by atoms with Gasteiger partial charge >= 0.3 is 0 Å². The standard InChI is InChI=1S/C10H17N3/c1-8-4-5-9(12-6-8)13-10(2,3)7-11/h4-6H,7,11H2,1-3H3,(H,12,13). The normalized spacial score (nSPS) is 11.4. The molecule has 0 saturated carbocycles. The summed E-state index contributed by atoms with van der Waals surface area (Å²) in [6, 6.07) is 3.99. The lowest BCUT2D eigenvalue weighted by molar-refractivity contribution is 0.577. The number of aryl methyl sites for hydroxylation is 1. The van der Waals surface area contributed by atoms with E-state index in [4.69, 9.17) is 5.73 Å². The predicted octanol–water partition coefficient (Wildman–Crippen LogP) is 1.54. The molecule has 1 rings (SSSR count). The number of nitrogens with zero attached hydrogens (tertiary/aromatic N) is 1. The van der Waals surface area contributed by atoms with E-state index in [-0.39, 0.29) is 5.54 Å². The fourth-order valence-corrected chi connectivity index (χ4v) is 0.939. The monoisotopic (exact) mass is 179 g/mol. The van der Waals surface area contributed by atoms with E-state index in [1.54, 1.807) is 0 Å². The van der Waals surface area contributed by atoms with Crippen LogP contribution in [0.4, 0.5) is 5.82 Å². The van der Waals surface area contributed by atoms with E-state index < -0.39 is 0 Å². The Balaban J connectivity index is 2.69. The molecule has 0 amide bonds. The summed E-state index contributed by atoms with van der Waals surface area (Å²) in [5.41, 5.74) is 6.66. The second-order valence-corrected chi connectivity index (χ2v) is 3.93. The summed E-state index contributed by atoms with van der Waals surface area (Å²) in [5.74, 6) is 0.876. The quantitative estimate of drug-likeness (QED) is 0.740. The maximum atomic E-state index is 5.59. The first-order valence-corrected chi connectivity index (χ1v) is 4.44. The summed E-state index contributed by atoms with van der Waals surface area (Å²) < 4.78 is 0. The van der Waals surface area contributed by atoms with Crippen molar-refractivity contribution in [3.8, 4) is 0 Å². The zero-order chi connectivity index (χ0) is 9.90. The highest BCUT2D eigenvalue weighted by Crippen LogP contribution is 2.11. The maximum Gasteiger partial charge on any atom is 0.126 e.